The van der Waals surface area contributed by atoms with Crippen molar-refractivity contribution in [2.75, 3.05) is 12.3 Å². The molecular weight excluding hydrogens is 310 g/mol. The minimum Gasteiger partial charge on any atom is -0.355 e. The second kappa shape index (κ2) is 9.29. The molecular formula is C16H23N5OS. The number of rotatable bonds is 9. The molecule has 1 N–H and O–H groups in total. The van der Waals surface area contributed by atoms with E-state index in [-0.39, 0.29) is 5.91 Å². The summed E-state index contributed by atoms with van der Waals surface area (Å²) in [6.45, 7) is 2.93. The normalized spacial score (nSPS) is 10.7. The highest BCUT2D eigenvalue weighted by atomic mass is 32.2. The van der Waals surface area contributed by atoms with Crippen molar-refractivity contribution >= 4 is 17.7 Å². The number of aromatic nitrogens is 4. The number of carbonyl (C=O) groups excluding carboxylic acids is 1. The highest BCUT2D eigenvalue weighted by Crippen LogP contribution is 2.21. The fourth-order valence-electron chi connectivity index (χ4n) is 2.15. The Labute approximate surface area is 141 Å². The van der Waals surface area contributed by atoms with Crippen LogP contribution >= 0.6 is 11.8 Å². The number of hydrogen-bond donors (Lipinski definition) is 1. The fourth-order valence-corrected chi connectivity index (χ4v) is 2.89. The van der Waals surface area contributed by atoms with Crippen molar-refractivity contribution in [1.29, 1.82) is 0 Å². The Morgan fingerprint density at radius 3 is 2.74 bits per heavy atom. The molecule has 0 saturated heterocycles. The van der Waals surface area contributed by atoms with Gasteiger partial charge in [0.2, 0.25) is 5.91 Å². The first-order chi connectivity index (χ1) is 11.2. The average Bonchev–Trinajstić information content (AvgIpc) is 2.94. The van der Waals surface area contributed by atoms with Gasteiger partial charge in [-0.25, -0.2) is 0 Å². The molecule has 23 heavy (non-hydrogen) atoms. The van der Waals surface area contributed by atoms with Crippen LogP contribution in [0.1, 0.15) is 32.6 Å². The van der Waals surface area contributed by atoms with Gasteiger partial charge in [-0.05, 0) is 18.6 Å². The Morgan fingerprint density at radius 2 is 2.00 bits per heavy atom. The van der Waals surface area contributed by atoms with Gasteiger partial charge >= 0.3 is 0 Å². The number of amides is 1. The SMILES string of the molecule is CCCCCCNC(=O)CSc1nnc(-c2ccncc2)n1C. The van der Waals surface area contributed by atoms with Crippen LogP contribution in [0.4, 0.5) is 0 Å². The molecule has 2 heterocycles. The Hall–Kier alpha value is -1.89. The zero-order valence-corrected chi connectivity index (χ0v) is 14.5. The van der Waals surface area contributed by atoms with E-state index in [0.717, 1.165) is 29.5 Å². The van der Waals surface area contributed by atoms with Gasteiger partial charge in [0.25, 0.3) is 0 Å². The summed E-state index contributed by atoms with van der Waals surface area (Å²) in [5.74, 6) is 1.17. The van der Waals surface area contributed by atoms with Crippen molar-refractivity contribution in [3.05, 3.63) is 24.5 Å². The molecule has 2 aromatic rings. The number of nitrogens with zero attached hydrogens (tertiary/aromatic N) is 4. The highest BCUT2D eigenvalue weighted by Gasteiger charge is 2.12. The number of thioether (sulfide) groups is 1. The van der Waals surface area contributed by atoms with E-state index in [9.17, 15) is 4.79 Å². The third kappa shape index (κ3) is 5.35. The Morgan fingerprint density at radius 1 is 1.22 bits per heavy atom. The van der Waals surface area contributed by atoms with E-state index in [1.165, 1.54) is 31.0 Å². The first kappa shape index (κ1) is 17.5. The molecule has 0 aromatic carbocycles. The lowest BCUT2D eigenvalue weighted by molar-refractivity contribution is -0.118. The van der Waals surface area contributed by atoms with Gasteiger partial charge in [0.15, 0.2) is 11.0 Å². The van der Waals surface area contributed by atoms with Gasteiger partial charge < -0.3 is 9.88 Å². The Bertz CT molecular complexity index is 614. The number of hydrogen-bond acceptors (Lipinski definition) is 5. The summed E-state index contributed by atoms with van der Waals surface area (Å²) >= 11 is 1.40. The maximum atomic E-state index is 11.8. The molecule has 0 radical (unpaired) electrons. The van der Waals surface area contributed by atoms with E-state index in [1.54, 1.807) is 12.4 Å². The lowest BCUT2D eigenvalue weighted by atomic mass is 10.2. The van der Waals surface area contributed by atoms with Gasteiger partial charge in [-0.2, -0.15) is 0 Å². The molecule has 0 unspecified atom stereocenters. The molecule has 6 nitrogen and oxygen atoms in total. The van der Waals surface area contributed by atoms with Crippen LogP contribution in [0.5, 0.6) is 0 Å². The minimum atomic E-state index is 0.0416. The predicted octanol–water partition coefficient (Wildman–Crippen LogP) is 2.67. The van der Waals surface area contributed by atoms with Gasteiger partial charge in [0, 0.05) is 31.5 Å². The van der Waals surface area contributed by atoms with Crippen molar-refractivity contribution in [3.63, 3.8) is 0 Å². The molecule has 1 amide bonds. The van der Waals surface area contributed by atoms with Crippen LogP contribution in [-0.2, 0) is 11.8 Å². The summed E-state index contributed by atoms with van der Waals surface area (Å²) in [6, 6.07) is 3.78. The molecule has 0 fully saturated rings. The summed E-state index contributed by atoms with van der Waals surface area (Å²) in [6.07, 6.45) is 8.09. The van der Waals surface area contributed by atoms with Crippen LogP contribution in [-0.4, -0.2) is 38.0 Å². The second-order valence-electron chi connectivity index (χ2n) is 5.30. The molecule has 7 heteroatoms. The van der Waals surface area contributed by atoms with Crippen LogP contribution in [0.2, 0.25) is 0 Å². The van der Waals surface area contributed by atoms with Gasteiger partial charge in [-0.3, -0.25) is 9.78 Å². The zero-order chi connectivity index (χ0) is 16.5. The number of carbonyl (C=O) groups is 1. The van der Waals surface area contributed by atoms with Gasteiger partial charge in [0.1, 0.15) is 0 Å². The zero-order valence-electron chi connectivity index (χ0n) is 13.7. The summed E-state index contributed by atoms with van der Waals surface area (Å²) in [7, 11) is 1.90. The summed E-state index contributed by atoms with van der Waals surface area (Å²) in [5, 5.41) is 12.0. The lowest BCUT2D eigenvalue weighted by Gasteiger charge is -2.05. The van der Waals surface area contributed by atoms with Crippen LogP contribution in [0.3, 0.4) is 0 Å². The van der Waals surface area contributed by atoms with E-state index in [2.05, 4.69) is 27.4 Å². The molecule has 0 aliphatic heterocycles. The number of unbranched alkanes of at least 4 members (excludes halogenated alkanes) is 3. The smallest absolute Gasteiger partial charge is 0.230 e. The minimum absolute atomic E-state index is 0.0416. The van der Waals surface area contributed by atoms with E-state index in [4.69, 9.17) is 0 Å². The topological polar surface area (TPSA) is 72.7 Å². The molecule has 0 spiro atoms. The van der Waals surface area contributed by atoms with Gasteiger partial charge in [-0.1, -0.05) is 37.9 Å². The lowest BCUT2D eigenvalue weighted by Crippen LogP contribution is -2.26. The third-order valence-corrected chi connectivity index (χ3v) is 4.48. The predicted molar refractivity (Wildman–Crippen MR) is 92.1 cm³/mol. The number of nitrogens with one attached hydrogen (secondary N) is 1. The monoisotopic (exact) mass is 333 g/mol. The largest absolute Gasteiger partial charge is 0.355 e. The third-order valence-electron chi connectivity index (χ3n) is 3.46. The molecule has 2 rings (SSSR count). The maximum Gasteiger partial charge on any atom is 0.230 e. The quantitative estimate of drug-likeness (QED) is 0.564. The molecule has 0 atom stereocenters. The standard InChI is InChI=1S/C16H23N5OS/c1-3-4-5-6-9-18-14(22)12-23-16-20-19-15(21(16)2)13-7-10-17-11-8-13/h7-8,10-11H,3-6,9,12H2,1-2H3,(H,18,22). The van der Waals surface area contributed by atoms with Crippen molar-refractivity contribution in [2.24, 2.45) is 7.05 Å². The van der Waals surface area contributed by atoms with Crippen molar-refractivity contribution < 1.29 is 4.79 Å². The average molecular weight is 333 g/mol. The molecule has 2 aromatic heterocycles. The fraction of sp³-hybridized carbons (Fsp3) is 0.500. The first-order valence-electron chi connectivity index (χ1n) is 7.91. The number of pyridine rings is 1. The van der Waals surface area contributed by atoms with Gasteiger partial charge in [-0.15, -0.1) is 10.2 Å². The maximum absolute atomic E-state index is 11.8. The highest BCUT2D eigenvalue weighted by molar-refractivity contribution is 7.99. The molecule has 0 bridgehead atoms. The van der Waals surface area contributed by atoms with Crippen molar-refractivity contribution in [2.45, 2.75) is 37.8 Å². The van der Waals surface area contributed by atoms with Crippen LogP contribution in [0, 0.1) is 0 Å². The van der Waals surface area contributed by atoms with E-state index in [0.29, 0.717) is 5.75 Å². The Balaban J connectivity index is 1.80. The second-order valence-corrected chi connectivity index (χ2v) is 6.24. The molecule has 124 valence electrons. The van der Waals surface area contributed by atoms with Crippen LogP contribution in [0.25, 0.3) is 11.4 Å². The van der Waals surface area contributed by atoms with E-state index >= 15 is 0 Å². The van der Waals surface area contributed by atoms with Crippen molar-refractivity contribution in [1.82, 2.24) is 25.1 Å². The first-order valence-corrected chi connectivity index (χ1v) is 8.90. The summed E-state index contributed by atoms with van der Waals surface area (Å²) < 4.78 is 1.90. The van der Waals surface area contributed by atoms with Crippen LogP contribution < -0.4 is 5.32 Å². The molecule has 0 saturated carbocycles. The molecule has 0 aliphatic carbocycles. The van der Waals surface area contributed by atoms with Gasteiger partial charge in [0.05, 0.1) is 5.75 Å². The summed E-state index contributed by atoms with van der Waals surface area (Å²) in [5.41, 5.74) is 0.960. The van der Waals surface area contributed by atoms with Crippen molar-refractivity contribution in [3.8, 4) is 11.4 Å². The summed E-state index contributed by atoms with van der Waals surface area (Å²) in [4.78, 5) is 15.8. The van der Waals surface area contributed by atoms with E-state index < -0.39 is 0 Å². The molecule has 0 aliphatic rings. The Kier molecular flexibility index (Phi) is 7.06. The van der Waals surface area contributed by atoms with Crippen LogP contribution in [0.15, 0.2) is 29.7 Å². The van der Waals surface area contributed by atoms with E-state index in [1.807, 2.05) is 23.7 Å².